The number of hydrogen-bond acceptors (Lipinski definition) is 8. The van der Waals surface area contributed by atoms with Gasteiger partial charge in [0.2, 0.25) is 0 Å². The van der Waals surface area contributed by atoms with Gasteiger partial charge in [-0.2, -0.15) is 5.26 Å². The Labute approximate surface area is 175 Å². The Morgan fingerprint density at radius 1 is 1.27 bits per heavy atom. The summed E-state index contributed by atoms with van der Waals surface area (Å²) in [6.45, 7) is 5.81. The molecule has 1 N–H and O–H groups in total. The smallest absolute Gasteiger partial charge is 0.251 e. The molecule has 9 heteroatoms. The fourth-order valence-electron chi connectivity index (χ4n) is 4.00. The maximum Gasteiger partial charge on any atom is 0.251 e. The van der Waals surface area contributed by atoms with E-state index in [9.17, 15) is 10.1 Å². The molecule has 2 fully saturated rings. The van der Waals surface area contributed by atoms with Gasteiger partial charge in [-0.3, -0.25) is 14.8 Å². The van der Waals surface area contributed by atoms with E-state index in [1.165, 1.54) is 0 Å². The molecule has 0 bridgehead atoms. The molecule has 2 aliphatic rings. The molecule has 30 heavy (non-hydrogen) atoms. The third-order valence-electron chi connectivity index (χ3n) is 5.46. The van der Waals surface area contributed by atoms with Crippen molar-refractivity contribution in [1.29, 1.82) is 5.26 Å². The fourth-order valence-corrected chi connectivity index (χ4v) is 4.00. The highest BCUT2D eigenvalue weighted by molar-refractivity contribution is 5.92. The molecular weight excluding hydrogens is 384 g/mol. The van der Waals surface area contributed by atoms with Crippen LogP contribution in [-0.2, 0) is 14.3 Å². The van der Waals surface area contributed by atoms with E-state index in [0.29, 0.717) is 42.8 Å². The number of carbonyl (C=O) groups is 1. The van der Waals surface area contributed by atoms with Gasteiger partial charge in [0.05, 0.1) is 36.6 Å². The van der Waals surface area contributed by atoms with Crippen LogP contribution in [0, 0.1) is 11.3 Å². The number of nitrogens with zero attached hydrogens (tertiary/aromatic N) is 5. The van der Waals surface area contributed by atoms with Crippen molar-refractivity contribution in [3.63, 3.8) is 0 Å². The van der Waals surface area contributed by atoms with Gasteiger partial charge in [0.25, 0.3) is 5.91 Å². The summed E-state index contributed by atoms with van der Waals surface area (Å²) in [6, 6.07) is 5.78. The predicted octanol–water partition coefficient (Wildman–Crippen LogP) is 0.542. The topological polar surface area (TPSA) is 104 Å². The molecule has 4 rings (SSSR count). The predicted molar refractivity (Wildman–Crippen MR) is 111 cm³/mol. The van der Waals surface area contributed by atoms with Gasteiger partial charge in [-0.1, -0.05) is 0 Å². The number of nitriles is 1. The second-order valence-corrected chi connectivity index (χ2v) is 7.84. The van der Waals surface area contributed by atoms with Crippen LogP contribution in [0.25, 0.3) is 11.0 Å². The molecule has 2 saturated heterocycles. The van der Waals surface area contributed by atoms with E-state index >= 15 is 0 Å². The van der Waals surface area contributed by atoms with Crippen LogP contribution in [0.1, 0.15) is 12.5 Å². The summed E-state index contributed by atoms with van der Waals surface area (Å²) < 4.78 is 11.6. The van der Waals surface area contributed by atoms with Crippen LogP contribution in [0.2, 0.25) is 0 Å². The number of benzene rings is 1. The molecule has 3 atom stereocenters. The molecule has 158 valence electrons. The zero-order valence-electron chi connectivity index (χ0n) is 17.2. The molecular formula is C21H26N6O3. The quantitative estimate of drug-likeness (QED) is 0.779. The van der Waals surface area contributed by atoms with Crippen molar-refractivity contribution < 1.29 is 14.3 Å². The van der Waals surface area contributed by atoms with Gasteiger partial charge >= 0.3 is 0 Å². The van der Waals surface area contributed by atoms with E-state index in [0.717, 1.165) is 18.8 Å². The van der Waals surface area contributed by atoms with Crippen molar-refractivity contribution in [2.24, 2.45) is 0 Å². The highest BCUT2D eigenvalue weighted by Gasteiger charge is 2.32. The summed E-state index contributed by atoms with van der Waals surface area (Å²) in [5, 5.41) is 12.3. The summed E-state index contributed by atoms with van der Waals surface area (Å²) in [5.41, 5.74) is 2.55. The highest BCUT2D eigenvalue weighted by Crippen LogP contribution is 2.28. The first kappa shape index (κ1) is 20.5. The van der Waals surface area contributed by atoms with E-state index in [1.54, 1.807) is 18.5 Å². The van der Waals surface area contributed by atoms with Crippen molar-refractivity contribution in [2.45, 2.75) is 25.2 Å². The minimum atomic E-state index is -0.600. The summed E-state index contributed by atoms with van der Waals surface area (Å²) >= 11 is 0. The molecule has 0 radical (unpaired) electrons. The Hall–Kier alpha value is -2.80. The number of aromatic nitrogens is 2. The molecule has 3 heterocycles. The molecule has 0 saturated carbocycles. The number of likely N-dealkylation sites (N-methyl/N-ethyl adjacent to an activating group) is 1. The molecule has 1 amide bonds. The molecule has 2 aliphatic heterocycles. The van der Waals surface area contributed by atoms with Gasteiger partial charge in [0.1, 0.15) is 17.1 Å². The monoisotopic (exact) mass is 410 g/mol. The fraction of sp³-hybridized carbons (Fsp3) is 0.524. The largest absolute Gasteiger partial charge is 0.374 e. The van der Waals surface area contributed by atoms with Gasteiger partial charge in [-0.05, 0) is 26.1 Å². The Morgan fingerprint density at radius 3 is 2.83 bits per heavy atom. The van der Waals surface area contributed by atoms with E-state index in [1.807, 2.05) is 20.0 Å². The maximum atomic E-state index is 12.8. The lowest BCUT2D eigenvalue weighted by Gasteiger charge is -2.38. The Kier molecular flexibility index (Phi) is 6.08. The van der Waals surface area contributed by atoms with E-state index in [4.69, 9.17) is 9.47 Å². The van der Waals surface area contributed by atoms with Crippen molar-refractivity contribution >= 4 is 22.6 Å². The van der Waals surface area contributed by atoms with Crippen LogP contribution in [0.3, 0.4) is 0 Å². The molecule has 0 spiro atoms. The average molecular weight is 410 g/mol. The van der Waals surface area contributed by atoms with Crippen LogP contribution >= 0.6 is 0 Å². The van der Waals surface area contributed by atoms with Crippen LogP contribution in [0.5, 0.6) is 0 Å². The lowest BCUT2D eigenvalue weighted by atomic mass is 10.1. The summed E-state index contributed by atoms with van der Waals surface area (Å²) in [6.07, 6.45) is 2.45. The molecule has 1 aromatic heterocycles. The number of nitrogens with one attached hydrogen (secondary N) is 1. The standard InChI is InChI=1S/C21H26N6O3/c1-14-11-27(17-4-3-15(9-22)19-20(17)24-6-5-23-19)13-18(30-14)21(28)25-10-16-12-26(2)7-8-29-16/h3-6,14,16,18H,7-8,10-13H2,1-2H3,(H,25,28)/t14-,16?,18-/m1/s1. The van der Waals surface area contributed by atoms with Crippen molar-refractivity contribution in [3.05, 3.63) is 30.1 Å². The Bertz CT molecular complexity index is 961. The minimum Gasteiger partial charge on any atom is -0.374 e. The van der Waals surface area contributed by atoms with Gasteiger partial charge in [-0.15, -0.1) is 0 Å². The normalized spacial score (nSPS) is 25.1. The molecule has 0 aliphatic carbocycles. The molecule has 1 unspecified atom stereocenters. The summed E-state index contributed by atoms with van der Waals surface area (Å²) in [7, 11) is 2.05. The summed E-state index contributed by atoms with van der Waals surface area (Å²) in [5.74, 6) is -0.146. The molecule has 9 nitrogen and oxygen atoms in total. The van der Waals surface area contributed by atoms with Crippen LogP contribution in [0.4, 0.5) is 5.69 Å². The maximum absolute atomic E-state index is 12.8. The first-order chi connectivity index (χ1) is 14.5. The molecule has 1 aromatic carbocycles. The lowest BCUT2D eigenvalue weighted by Crippen LogP contribution is -2.54. The highest BCUT2D eigenvalue weighted by atomic mass is 16.5. The molecule has 2 aromatic rings. The first-order valence-electron chi connectivity index (χ1n) is 10.2. The minimum absolute atomic E-state index is 0.0115. The average Bonchev–Trinajstić information content (AvgIpc) is 2.76. The number of amides is 1. The van der Waals surface area contributed by atoms with Gasteiger partial charge in [0, 0.05) is 38.6 Å². The Balaban J connectivity index is 1.48. The summed E-state index contributed by atoms with van der Waals surface area (Å²) in [4.78, 5) is 25.9. The number of ether oxygens (including phenoxy) is 2. The zero-order chi connectivity index (χ0) is 21.1. The lowest BCUT2D eigenvalue weighted by molar-refractivity contribution is -0.138. The van der Waals surface area contributed by atoms with Gasteiger partial charge < -0.3 is 24.6 Å². The van der Waals surface area contributed by atoms with Crippen LogP contribution in [-0.4, -0.2) is 85.5 Å². The van der Waals surface area contributed by atoms with Crippen molar-refractivity contribution in [3.8, 4) is 6.07 Å². The van der Waals surface area contributed by atoms with E-state index in [2.05, 4.69) is 31.2 Å². The number of rotatable bonds is 4. The third-order valence-corrected chi connectivity index (χ3v) is 5.46. The van der Waals surface area contributed by atoms with E-state index < -0.39 is 6.10 Å². The SMILES string of the molecule is C[C@@H]1CN(c2ccc(C#N)c3nccnc23)C[C@H](C(=O)NCC2CN(C)CCO2)O1. The number of hydrogen-bond donors (Lipinski definition) is 1. The van der Waals surface area contributed by atoms with Crippen LogP contribution in [0.15, 0.2) is 24.5 Å². The van der Waals surface area contributed by atoms with E-state index in [-0.39, 0.29) is 18.1 Å². The van der Waals surface area contributed by atoms with Crippen molar-refractivity contribution in [2.75, 3.05) is 51.3 Å². The van der Waals surface area contributed by atoms with Gasteiger partial charge in [0.15, 0.2) is 6.10 Å². The van der Waals surface area contributed by atoms with Crippen LogP contribution < -0.4 is 10.2 Å². The van der Waals surface area contributed by atoms with Gasteiger partial charge in [-0.25, -0.2) is 0 Å². The third kappa shape index (κ3) is 4.36. The second kappa shape index (κ2) is 8.92. The number of morpholine rings is 2. The first-order valence-corrected chi connectivity index (χ1v) is 10.2. The number of fused-ring (bicyclic) bond motifs is 1. The van der Waals surface area contributed by atoms with Crippen molar-refractivity contribution in [1.82, 2.24) is 20.2 Å². The Morgan fingerprint density at radius 2 is 2.07 bits per heavy atom. The number of carbonyl (C=O) groups excluding carboxylic acids is 1. The zero-order valence-corrected chi connectivity index (χ0v) is 17.2. The number of anilines is 1. The second-order valence-electron chi connectivity index (χ2n) is 7.84.